The molecule has 1 amide bonds. The number of amides is 1. The molecule has 0 radical (unpaired) electrons. The summed E-state index contributed by atoms with van der Waals surface area (Å²) in [6, 6.07) is 4.58. The number of nitro benzene ring substituents is 1. The van der Waals surface area contributed by atoms with Gasteiger partial charge in [0.25, 0.3) is 11.6 Å². The zero-order chi connectivity index (χ0) is 14.8. The van der Waals surface area contributed by atoms with Crippen molar-refractivity contribution in [2.24, 2.45) is 0 Å². The third kappa shape index (κ3) is 4.15. The van der Waals surface area contributed by atoms with Crippen LogP contribution in [0.2, 0.25) is 0 Å². The Labute approximate surface area is 129 Å². The molecule has 1 fully saturated rings. The maximum Gasteiger partial charge on any atom is 0.273 e. The van der Waals surface area contributed by atoms with Gasteiger partial charge in [0.05, 0.1) is 4.92 Å². The van der Waals surface area contributed by atoms with E-state index in [0.29, 0.717) is 11.1 Å². The average molecular weight is 314 g/mol. The minimum absolute atomic E-state index is 0. The van der Waals surface area contributed by atoms with Gasteiger partial charge in [0.2, 0.25) is 0 Å². The van der Waals surface area contributed by atoms with E-state index >= 15 is 0 Å². The number of nitro groups is 1. The lowest BCUT2D eigenvalue weighted by Gasteiger charge is -2.35. The number of nitrogens with one attached hydrogen (secondary N) is 2. The summed E-state index contributed by atoms with van der Waals surface area (Å²) in [5.74, 6) is -0.252. The molecule has 6 nitrogen and oxygen atoms in total. The number of aryl methyl sites for hydroxylation is 1. The number of piperidine rings is 1. The summed E-state index contributed by atoms with van der Waals surface area (Å²) in [4.78, 5) is 22.7. The summed E-state index contributed by atoms with van der Waals surface area (Å²) >= 11 is 0. The van der Waals surface area contributed by atoms with Gasteiger partial charge in [-0.25, -0.2) is 0 Å². The fourth-order valence-corrected chi connectivity index (χ4v) is 2.40. The summed E-state index contributed by atoms with van der Waals surface area (Å²) in [5, 5.41) is 17.2. The molecule has 0 atom stereocenters. The minimum atomic E-state index is -0.460. The summed E-state index contributed by atoms with van der Waals surface area (Å²) in [6.45, 7) is 5.40. The van der Waals surface area contributed by atoms with E-state index in [1.807, 2.05) is 6.92 Å². The number of halogens is 1. The summed E-state index contributed by atoms with van der Waals surface area (Å²) in [5.41, 5.74) is 0.622. The first-order chi connectivity index (χ1) is 9.41. The molecule has 2 N–H and O–H groups in total. The second-order valence-electron chi connectivity index (χ2n) is 5.52. The normalized spacial score (nSPS) is 16.7. The smallest absolute Gasteiger partial charge is 0.273 e. The van der Waals surface area contributed by atoms with Crippen molar-refractivity contribution in [2.75, 3.05) is 13.1 Å². The predicted molar refractivity (Wildman–Crippen MR) is 83.1 cm³/mol. The Hall–Kier alpha value is -1.66. The van der Waals surface area contributed by atoms with Gasteiger partial charge in [0.15, 0.2) is 0 Å². The molecule has 0 aliphatic carbocycles. The highest BCUT2D eigenvalue weighted by Gasteiger charge is 2.29. The molecule has 116 valence electrons. The minimum Gasteiger partial charge on any atom is -0.347 e. The Bertz CT molecular complexity index is 542. The van der Waals surface area contributed by atoms with E-state index in [1.165, 1.54) is 6.07 Å². The van der Waals surface area contributed by atoms with Gasteiger partial charge in [-0.2, -0.15) is 0 Å². The lowest BCUT2D eigenvalue weighted by atomic mass is 9.90. The van der Waals surface area contributed by atoms with Crippen molar-refractivity contribution in [1.29, 1.82) is 0 Å². The van der Waals surface area contributed by atoms with Gasteiger partial charge in [-0.15, -0.1) is 12.4 Å². The Morgan fingerprint density at radius 3 is 2.57 bits per heavy atom. The fourth-order valence-electron chi connectivity index (χ4n) is 2.40. The molecular weight excluding hydrogens is 294 g/mol. The molecule has 1 aromatic rings. The van der Waals surface area contributed by atoms with Crippen molar-refractivity contribution in [3.8, 4) is 0 Å². The topological polar surface area (TPSA) is 84.3 Å². The highest BCUT2D eigenvalue weighted by atomic mass is 35.5. The van der Waals surface area contributed by atoms with Crippen LogP contribution in [0.4, 0.5) is 5.69 Å². The Balaban J connectivity index is 0.00000220. The van der Waals surface area contributed by atoms with E-state index in [0.717, 1.165) is 25.9 Å². The van der Waals surface area contributed by atoms with Gasteiger partial charge >= 0.3 is 0 Å². The Kier molecular flexibility index (Phi) is 5.69. The molecular formula is C14H20ClN3O3. The third-order valence-corrected chi connectivity index (χ3v) is 3.79. The van der Waals surface area contributed by atoms with E-state index in [-0.39, 0.29) is 29.5 Å². The lowest BCUT2D eigenvalue weighted by Crippen LogP contribution is -2.52. The van der Waals surface area contributed by atoms with Crippen molar-refractivity contribution in [3.63, 3.8) is 0 Å². The highest BCUT2D eigenvalue weighted by Crippen LogP contribution is 2.21. The fraction of sp³-hybridized carbons (Fsp3) is 0.500. The van der Waals surface area contributed by atoms with Gasteiger partial charge in [0.1, 0.15) is 0 Å². The number of nitrogens with zero attached hydrogens (tertiary/aromatic N) is 1. The molecule has 7 heteroatoms. The van der Waals surface area contributed by atoms with Crippen molar-refractivity contribution in [3.05, 3.63) is 39.4 Å². The SMILES string of the molecule is Cc1ccc(C(=O)NC2(C)CCNCC2)cc1[N+](=O)[O-].Cl. The van der Waals surface area contributed by atoms with Gasteiger partial charge < -0.3 is 10.6 Å². The van der Waals surface area contributed by atoms with E-state index in [9.17, 15) is 14.9 Å². The molecule has 1 aliphatic heterocycles. The first-order valence-corrected chi connectivity index (χ1v) is 6.70. The van der Waals surface area contributed by atoms with Crippen molar-refractivity contribution < 1.29 is 9.72 Å². The highest BCUT2D eigenvalue weighted by molar-refractivity contribution is 5.95. The van der Waals surface area contributed by atoms with Crippen LogP contribution in [0.1, 0.15) is 35.7 Å². The van der Waals surface area contributed by atoms with Crippen LogP contribution in [-0.2, 0) is 0 Å². The average Bonchev–Trinajstić information content (AvgIpc) is 2.39. The number of benzene rings is 1. The van der Waals surface area contributed by atoms with Crippen LogP contribution >= 0.6 is 12.4 Å². The Morgan fingerprint density at radius 1 is 1.38 bits per heavy atom. The van der Waals surface area contributed by atoms with Crippen LogP contribution in [0.3, 0.4) is 0 Å². The maximum atomic E-state index is 12.3. The van der Waals surface area contributed by atoms with Crippen molar-refractivity contribution in [1.82, 2.24) is 10.6 Å². The van der Waals surface area contributed by atoms with E-state index in [4.69, 9.17) is 0 Å². The van der Waals surface area contributed by atoms with E-state index in [2.05, 4.69) is 10.6 Å². The first kappa shape index (κ1) is 17.4. The zero-order valence-corrected chi connectivity index (χ0v) is 13.0. The molecule has 0 aromatic heterocycles. The molecule has 1 aromatic carbocycles. The second-order valence-corrected chi connectivity index (χ2v) is 5.52. The molecule has 0 spiro atoms. The van der Waals surface area contributed by atoms with Crippen LogP contribution in [0.15, 0.2) is 18.2 Å². The van der Waals surface area contributed by atoms with Crippen molar-refractivity contribution >= 4 is 24.0 Å². The predicted octanol–water partition coefficient (Wildman–Crippen LogP) is 2.20. The molecule has 0 unspecified atom stereocenters. The van der Waals surface area contributed by atoms with Crippen LogP contribution in [0.25, 0.3) is 0 Å². The molecule has 0 bridgehead atoms. The third-order valence-electron chi connectivity index (χ3n) is 3.79. The zero-order valence-electron chi connectivity index (χ0n) is 12.1. The van der Waals surface area contributed by atoms with E-state index < -0.39 is 4.92 Å². The largest absolute Gasteiger partial charge is 0.347 e. The van der Waals surface area contributed by atoms with Crippen LogP contribution in [0.5, 0.6) is 0 Å². The van der Waals surface area contributed by atoms with Crippen LogP contribution in [-0.4, -0.2) is 29.5 Å². The van der Waals surface area contributed by atoms with Crippen LogP contribution in [0, 0.1) is 17.0 Å². The molecule has 21 heavy (non-hydrogen) atoms. The molecule has 1 saturated heterocycles. The summed E-state index contributed by atoms with van der Waals surface area (Å²) in [6.07, 6.45) is 1.71. The quantitative estimate of drug-likeness (QED) is 0.662. The Morgan fingerprint density at radius 2 is 2.00 bits per heavy atom. The number of rotatable bonds is 3. The number of hydrogen-bond donors (Lipinski definition) is 2. The van der Waals surface area contributed by atoms with Gasteiger partial charge in [-0.1, -0.05) is 6.07 Å². The van der Waals surface area contributed by atoms with Gasteiger partial charge in [-0.3, -0.25) is 14.9 Å². The first-order valence-electron chi connectivity index (χ1n) is 6.70. The number of hydrogen-bond acceptors (Lipinski definition) is 4. The van der Waals surface area contributed by atoms with E-state index in [1.54, 1.807) is 19.1 Å². The van der Waals surface area contributed by atoms with Crippen molar-refractivity contribution in [2.45, 2.75) is 32.2 Å². The van der Waals surface area contributed by atoms with Gasteiger partial charge in [0, 0.05) is 22.7 Å². The molecule has 1 heterocycles. The second kappa shape index (κ2) is 6.87. The molecule has 1 aliphatic rings. The van der Waals surface area contributed by atoms with Gasteiger partial charge in [-0.05, 0) is 45.8 Å². The number of carbonyl (C=O) groups is 1. The summed E-state index contributed by atoms with van der Waals surface area (Å²) < 4.78 is 0. The lowest BCUT2D eigenvalue weighted by molar-refractivity contribution is -0.385. The standard InChI is InChI=1S/C14H19N3O3.ClH/c1-10-3-4-11(9-12(10)17(19)20)13(18)16-14(2)5-7-15-8-6-14;/h3-4,9,15H,5-8H2,1-2H3,(H,16,18);1H. The van der Waals surface area contributed by atoms with Crippen LogP contribution < -0.4 is 10.6 Å². The molecule has 2 rings (SSSR count). The number of carbonyl (C=O) groups excluding carboxylic acids is 1. The maximum absolute atomic E-state index is 12.3. The molecule has 0 saturated carbocycles. The summed E-state index contributed by atoms with van der Waals surface area (Å²) in [7, 11) is 0. The monoisotopic (exact) mass is 313 g/mol.